The van der Waals surface area contributed by atoms with E-state index in [1.54, 1.807) is 29.9 Å². The van der Waals surface area contributed by atoms with Gasteiger partial charge in [0.2, 0.25) is 5.95 Å². The molecule has 1 atom stereocenters. The van der Waals surface area contributed by atoms with Crippen LogP contribution in [0.15, 0.2) is 42.3 Å². The van der Waals surface area contributed by atoms with Crippen molar-refractivity contribution in [2.45, 2.75) is 19.8 Å². The third-order valence-corrected chi connectivity index (χ3v) is 5.19. The van der Waals surface area contributed by atoms with Crippen molar-refractivity contribution < 1.29 is 0 Å². The standard InChI is InChI=1S/C18H19N5S/c1-13-4-2-8-23(12-13)18-21-10-14(15-11-19-6-7-20-15)17(22-18)16-5-3-9-24-16/h3,5-7,9-11,13H,2,4,8,12H2,1H3/t13-/m1/s1. The first kappa shape index (κ1) is 15.2. The average Bonchev–Trinajstić information content (AvgIpc) is 3.16. The van der Waals surface area contributed by atoms with Gasteiger partial charge in [-0.05, 0) is 30.2 Å². The normalized spacial score (nSPS) is 17.9. The van der Waals surface area contributed by atoms with Crippen molar-refractivity contribution in [1.82, 2.24) is 19.9 Å². The Kier molecular flexibility index (Phi) is 4.21. The zero-order valence-electron chi connectivity index (χ0n) is 13.6. The molecule has 0 aromatic carbocycles. The third-order valence-electron chi connectivity index (χ3n) is 4.31. The summed E-state index contributed by atoms with van der Waals surface area (Å²) in [6.07, 6.45) is 9.52. The van der Waals surface area contributed by atoms with E-state index in [0.717, 1.165) is 40.9 Å². The summed E-state index contributed by atoms with van der Waals surface area (Å²) in [7, 11) is 0. The lowest BCUT2D eigenvalue weighted by molar-refractivity contribution is 0.442. The fraction of sp³-hybridized carbons (Fsp3) is 0.333. The van der Waals surface area contributed by atoms with Crippen LogP contribution in [-0.4, -0.2) is 33.0 Å². The SMILES string of the molecule is C[C@@H]1CCCN(c2ncc(-c3cnccn3)c(-c3cccs3)n2)C1. The summed E-state index contributed by atoms with van der Waals surface area (Å²) < 4.78 is 0. The van der Waals surface area contributed by atoms with Crippen LogP contribution in [0.5, 0.6) is 0 Å². The van der Waals surface area contributed by atoms with Crippen molar-refractivity contribution >= 4 is 17.3 Å². The van der Waals surface area contributed by atoms with Gasteiger partial charge in [0.05, 0.1) is 22.5 Å². The van der Waals surface area contributed by atoms with E-state index < -0.39 is 0 Å². The van der Waals surface area contributed by atoms with E-state index in [1.807, 2.05) is 12.3 Å². The van der Waals surface area contributed by atoms with Crippen molar-refractivity contribution in [1.29, 1.82) is 0 Å². The quantitative estimate of drug-likeness (QED) is 0.725. The zero-order chi connectivity index (χ0) is 16.4. The van der Waals surface area contributed by atoms with Gasteiger partial charge in [-0.3, -0.25) is 9.97 Å². The molecule has 5 nitrogen and oxygen atoms in total. The van der Waals surface area contributed by atoms with Gasteiger partial charge >= 0.3 is 0 Å². The minimum absolute atomic E-state index is 0.687. The molecule has 0 spiro atoms. The van der Waals surface area contributed by atoms with Crippen LogP contribution in [0.2, 0.25) is 0 Å². The van der Waals surface area contributed by atoms with Crippen molar-refractivity contribution in [3.8, 4) is 21.8 Å². The van der Waals surface area contributed by atoms with Gasteiger partial charge in [-0.25, -0.2) is 9.97 Å². The van der Waals surface area contributed by atoms with E-state index >= 15 is 0 Å². The van der Waals surface area contributed by atoms with E-state index in [-0.39, 0.29) is 0 Å². The van der Waals surface area contributed by atoms with Gasteiger partial charge in [-0.1, -0.05) is 13.0 Å². The van der Waals surface area contributed by atoms with E-state index in [1.165, 1.54) is 12.8 Å². The van der Waals surface area contributed by atoms with Crippen LogP contribution in [-0.2, 0) is 0 Å². The topological polar surface area (TPSA) is 54.8 Å². The van der Waals surface area contributed by atoms with Gasteiger partial charge in [0.1, 0.15) is 0 Å². The molecule has 4 rings (SSSR count). The van der Waals surface area contributed by atoms with E-state index in [9.17, 15) is 0 Å². The minimum atomic E-state index is 0.687. The Bertz CT molecular complexity index is 804. The predicted octanol–water partition coefficient (Wildman–Crippen LogP) is 3.90. The smallest absolute Gasteiger partial charge is 0.225 e. The molecule has 1 aliphatic heterocycles. The summed E-state index contributed by atoms with van der Waals surface area (Å²) in [5, 5.41) is 2.07. The van der Waals surface area contributed by atoms with Crippen molar-refractivity contribution in [2.24, 2.45) is 5.92 Å². The molecule has 6 heteroatoms. The van der Waals surface area contributed by atoms with Gasteiger partial charge in [0.15, 0.2) is 0 Å². The number of nitrogens with zero attached hydrogens (tertiary/aromatic N) is 5. The molecular formula is C18H19N5S. The van der Waals surface area contributed by atoms with Crippen LogP contribution >= 0.6 is 11.3 Å². The molecule has 1 saturated heterocycles. The van der Waals surface area contributed by atoms with Gasteiger partial charge in [0.25, 0.3) is 0 Å². The molecule has 0 saturated carbocycles. The highest BCUT2D eigenvalue weighted by Gasteiger charge is 2.21. The summed E-state index contributed by atoms with van der Waals surface area (Å²) >= 11 is 1.68. The number of piperidine rings is 1. The monoisotopic (exact) mass is 337 g/mol. The highest BCUT2D eigenvalue weighted by molar-refractivity contribution is 7.13. The number of aromatic nitrogens is 4. The molecule has 0 N–H and O–H groups in total. The van der Waals surface area contributed by atoms with Crippen LogP contribution in [0.4, 0.5) is 5.95 Å². The Balaban J connectivity index is 1.78. The molecule has 0 amide bonds. The molecule has 3 aromatic heterocycles. The number of thiophene rings is 1. The van der Waals surface area contributed by atoms with Crippen molar-refractivity contribution in [3.05, 3.63) is 42.3 Å². The molecule has 1 fully saturated rings. The van der Waals surface area contributed by atoms with E-state index in [4.69, 9.17) is 4.98 Å². The number of hydrogen-bond donors (Lipinski definition) is 0. The Morgan fingerprint density at radius 3 is 2.92 bits per heavy atom. The highest BCUT2D eigenvalue weighted by Crippen LogP contribution is 2.33. The Labute approximate surface area is 145 Å². The maximum atomic E-state index is 4.91. The van der Waals surface area contributed by atoms with Crippen molar-refractivity contribution in [2.75, 3.05) is 18.0 Å². The summed E-state index contributed by atoms with van der Waals surface area (Å²) in [5.41, 5.74) is 2.67. The summed E-state index contributed by atoms with van der Waals surface area (Å²) in [6.45, 7) is 4.34. The molecule has 0 radical (unpaired) electrons. The number of rotatable bonds is 3. The van der Waals surface area contributed by atoms with Crippen LogP contribution in [0.1, 0.15) is 19.8 Å². The maximum Gasteiger partial charge on any atom is 0.225 e. The largest absolute Gasteiger partial charge is 0.341 e. The number of anilines is 1. The average molecular weight is 337 g/mol. The fourth-order valence-electron chi connectivity index (χ4n) is 3.12. The lowest BCUT2D eigenvalue weighted by atomic mass is 10.0. The van der Waals surface area contributed by atoms with Gasteiger partial charge in [0, 0.05) is 37.2 Å². The van der Waals surface area contributed by atoms with Gasteiger partial charge in [-0.2, -0.15) is 0 Å². The van der Waals surface area contributed by atoms with Crippen LogP contribution in [0, 0.1) is 5.92 Å². The second-order valence-corrected chi connectivity index (χ2v) is 7.14. The molecule has 4 heterocycles. The first-order valence-corrected chi connectivity index (χ1v) is 9.11. The van der Waals surface area contributed by atoms with Crippen LogP contribution in [0.25, 0.3) is 21.8 Å². The Morgan fingerprint density at radius 2 is 2.17 bits per heavy atom. The lowest BCUT2D eigenvalue weighted by Gasteiger charge is -2.31. The maximum absolute atomic E-state index is 4.91. The molecule has 0 bridgehead atoms. The summed E-state index contributed by atoms with van der Waals surface area (Å²) in [5.74, 6) is 1.50. The predicted molar refractivity (Wildman–Crippen MR) is 97.0 cm³/mol. The molecule has 1 aliphatic rings. The minimum Gasteiger partial charge on any atom is -0.341 e. The first-order valence-electron chi connectivity index (χ1n) is 8.23. The third kappa shape index (κ3) is 3.01. The fourth-order valence-corrected chi connectivity index (χ4v) is 3.85. The molecule has 3 aromatic rings. The Morgan fingerprint density at radius 1 is 1.21 bits per heavy atom. The summed E-state index contributed by atoms with van der Waals surface area (Å²) in [6, 6.07) is 4.14. The second-order valence-electron chi connectivity index (χ2n) is 6.19. The second kappa shape index (κ2) is 6.65. The van der Waals surface area contributed by atoms with Gasteiger partial charge in [-0.15, -0.1) is 11.3 Å². The van der Waals surface area contributed by atoms with Crippen molar-refractivity contribution in [3.63, 3.8) is 0 Å². The van der Waals surface area contributed by atoms with Gasteiger partial charge < -0.3 is 4.90 Å². The number of hydrogen-bond acceptors (Lipinski definition) is 6. The van der Waals surface area contributed by atoms with Crippen LogP contribution in [0.3, 0.4) is 0 Å². The summed E-state index contributed by atoms with van der Waals surface area (Å²) in [4.78, 5) is 21.6. The highest BCUT2D eigenvalue weighted by atomic mass is 32.1. The molecule has 0 aliphatic carbocycles. The first-order chi connectivity index (χ1) is 11.8. The molecule has 122 valence electrons. The molecule has 24 heavy (non-hydrogen) atoms. The van der Waals surface area contributed by atoms with E-state index in [2.05, 4.69) is 38.2 Å². The molecular weight excluding hydrogens is 318 g/mol. The van der Waals surface area contributed by atoms with E-state index in [0.29, 0.717) is 5.92 Å². The van der Waals surface area contributed by atoms with Crippen LogP contribution < -0.4 is 4.90 Å². The molecule has 0 unspecified atom stereocenters. The Hall–Kier alpha value is -2.34. The zero-order valence-corrected chi connectivity index (χ0v) is 14.4. The lowest BCUT2D eigenvalue weighted by Crippen LogP contribution is -2.35.